The SMILES string of the molecule is CNC(C)C(=O)N1CCC(CO)CC1. The van der Waals surface area contributed by atoms with E-state index in [0.717, 1.165) is 25.9 Å². The summed E-state index contributed by atoms with van der Waals surface area (Å²) >= 11 is 0. The van der Waals surface area contributed by atoms with Crippen LogP contribution in [-0.4, -0.2) is 48.7 Å². The maximum absolute atomic E-state index is 11.7. The summed E-state index contributed by atoms with van der Waals surface area (Å²) in [6.07, 6.45) is 1.86. The molecule has 1 amide bonds. The van der Waals surface area contributed by atoms with Gasteiger partial charge < -0.3 is 15.3 Å². The molecule has 2 N–H and O–H groups in total. The van der Waals surface area contributed by atoms with Crippen molar-refractivity contribution in [1.82, 2.24) is 10.2 Å². The van der Waals surface area contributed by atoms with Crippen LogP contribution in [0.2, 0.25) is 0 Å². The lowest BCUT2D eigenvalue weighted by Crippen LogP contribution is -2.47. The molecule has 1 aliphatic rings. The van der Waals surface area contributed by atoms with Gasteiger partial charge in [0.25, 0.3) is 0 Å². The number of aliphatic hydroxyl groups is 1. The number of amides is 1. The van der Waals surface area contributed by atoms with Gasteiger partial charge in [-0.15, -0.1) is 0 Å². The summed E-state index contributed by atoms with van der Waals surface area (Å²) in [5.41, 5.74) is 0. The Balaban J connectivity index is 2.37. The number of hydrogen-bond donors (Lipinski definition) is 2. The minimum Gasteiger partial charge on any atom is -0.396 e. The second kappa shape index (κ2) is 5.32. The molecule has 0 aromatic carbocycles. The predicted molar refractivity (Wildman–Crippen MR) is 54.9 cm³/mol. The number of nitrogens with zero attached hydrogens (tertiary/aromatic N) is 1. The minimum absolute atomic E-state index is 0.0966. The van der Waals surface area contributed by atoms with Gasteiger partial charge in [0.15, 0.2) is 0 Å². The van der Waals surface area contributed by atoms with Crippen molar-refractivity contribution in [2.45, 2.75) is 25.8 Å². The second-order valence-electron chi connectivity index (χ2n) is 3.96. The van der Waals surface area contributed by atoms with Crippen molar-refractivity contribution < 1.29 is 9.90 Å². The van der Waals surface area contributed by atoms with Crippen molar-refractivity contribution in [3.8, 4) is 0 Å². The summed E-state index contributed by atoms with van der Waals surface area (Å²) in [6.45, 7) is 3.70. The summed E-state index contributed by atoms with van der Waals surface area (Å²) in [6, 6.07) is -0.0966. The Bertz CT molecular complexity index is 189. The van der Waals surface area contributed by atoms with Crippen molar-refractivity contribution in [2.75, 3.05) is 26.7 Å². The number of nitrogens with one attached hydrogen (secondary N) is 1. The maximum atomic E-state index is 11.7. The quantitative estimate of drug-likeness (QED) is 0.665. The fourth-order valence-corrected chi connectivity index (χ4v) is 1.73. The first-order chi connectivity index (χ1) is 6.69. The highest BCUT2D eigenvalue weighted by Gasteiger charge is 2.24. The number of hydrogen-bond acceptors (Lipinski definition) is 3. The monoisotopic (exact) mass is 200 g/mol. The molecule has 82 valence electrons. The van der Waals surface area contributed by atoms with E-state index in [0.29, 0.717) is 5.92 Å². The molecule has 1 heterocycles. The van der Waals surface area contributed by atoms with Crippen molar-refractivity contribution in [3.05, 3.63) is 0 Å². The molecule has 0 aliphatic carbocycles. The van der Waals surface area contributed by atoms with Crippen LogP contribution in [0.25, 0.3) is 0 Å². The molecule has 1 fully saturated rings. The van der Waals surface area contributed by atoms with E-state index in [9.17, 15) is 4.79 Å². The van der Waals surface area contributed by atoms with Crippen molar-refractivity contribution in [2.24, 2.45) is 5.92 Å². The van der Waals surface area contributed by atoms with Gasteiger partial charge in [-0.2, -0.15) is 0 Å². The first kappa shape index (κ1) is 11.5. The van der Waals surface area contributed by atoms with Crippen LogP contribution < -0.4 is 5.32 Å². The number of rotatable bonds is 3. The third-order valence-corrected chi connectivity index (χ3v) is 2.99. The third-order valence-electron chi connectivity index (χ3n) is 2.99. The number of likely N-dealkylation sites (tertiary alicyclic amines) is 1. The zero-order chi connectivity index (χ0) is 10.6. The van der Waals surface area contributed by atoms with E-state index >= 15 is 0 Å². The lowest BCUT2D eigenvalue weighted by Gasteiger charge is -2.32. The smallest absolute Gasteiger partial charge is 0.239 e. The van der Waals surface area contributed by atoms with Crippen molar-refractivity contribution in [3.63, 3.8) is 0 Å². The average molecular weight is 200 g/mol. The molecule has 1 rings (SSSR count). The highest BCUT2D eigenvalue weighted by atomic mass is 16.3. The van der Waals surface area contributed by atoms with Gasteiger partial charge in [0, 0.05) is 19.7 Å². The molecular formula is C10H20N2O2. The molecule has 1 atom stereocenters. The Hall–Kier alpha value is -0.610. The second-order valence-corrected chi connectivity index (χ2v) is 3.96. The van der Waals surface area contributed by atoms with E-state index < -0.39 is 0 Å². The summed E-state index contributed by atoms with van der Waals surface area (Å²) in [4.78, 5) is 13.6. The summed E-state index contributed by atoms with van der Waals surface area (Å²) < 4.78 is 0. The van der Waals surface area contributed by atoms with E-state index in [1.54, 1.807) is 7.05 Å². The first-order valence-electron chi connectivity index (χ1n) is 5.26. The molecular weight excluding hydrogens is 180 g/mol. The van der Waals surface area contributed by atoms with E-state index in [1.165, 1.54) is 0 Å². The van der Waals surface area contributed by atoms with Crippen LogP contribution in [-0.2, 0) is 4.79 Å². The molecule has 4 nitrogen and oxygen atoms in total. The number of carbonyl (C=O) groups is 1. The van der Waals surface area contributed by atoms with Crippen LogP contribution in [0.15, 0.2) is 0 Å². The standard InChI is InChI=1S/C10H20N2O2/c1-8(11-2)10(14)12-5-3-9(7-13)4-6-12/h8-9,11,13H,3-7H2,1-2H3. The van der Waals surface area contributed by atoms with Gasteiger partial charge >= 0.3 is 0 Å². The van der Waals surface area contributed by atoms with E-state index in [4.69, 9.17) is 5.11 Å². The van der Waals surface area contributed by atoms with Gasteiger partial charge in [-0.25, -0.2) is 0 Å². The van der Waals surface area contributed by atoms with Gasteiger partial charge in [-0.3, -0.25) is 4.79 Å². The molecule has 1 unspecified atom stereocenters. The summed E-state index contributed by atoms with van der Waals surface area (Å²) in [5, 5.41) is 11.9. The van der Waals surface area contributed by atoms with Gasteiger partial charge in [0.2, 0.25) is 5.91 Å². The number of likely N-dealkylation sites (N-methyl/N-ethyl adjacent to an activating group) is 1. The Morgan fingerprint density at radius 3 is 2.57 bits per heavy atom. The summed E-state index contributed by atoms with van der Waals surface area (Å²) in [7, 11) is 1.79. The fourth-order valence-electron chi connectivity index (χ4n) is 1.73. The molecule has 1 saturated heterocycles. The van der Waals surface area contributed by atoms with Gasteiger partial charge in [0.1, 0.15) is 0 Å². The maximum Gasteiger partial charge on any atom is 0.239 e. The van der Waals surface area contributed by atoms with Crippen LogP contribution >= 0.6 is 0 Å². The van der Waals surface area contributed by atoms with Gasteiger partial charge in [0.05, 0.1) is 6.04 Å². The molecule has 0 aromatic rings. The molecule has 0 spiro atoms. The van der Waals surface area contributed by atoms with E-state index in [-0.39, 0.29) is 18.6 Å². The van der Waals surface area contributed by atoms with Crippen LogP contribution in [0.5, 0.6) is 0 Å². The van der Waals surface area contributed by atoms with Crippen LogP contribution in [0.1, 0.15) is 19.8 Å². The number of carbonyl (C=O) groups excluding carboxylic acids is 1. The topological polar surface area (TPSA) is 52.6 Å². The summed E-state index contributed by atoms with van der Waals surface area (Å²) in [5.74, 6) is 0.563. The molecule has 14 heavy (non-hydrogen) atoms. The first-order valence-corrected chi connectivity index (χ1v) is 5.26. The van der Waals surface area contributed by atoms with Crippen LogP contribution in [0.3, 0.4) is 0 Å². The predicted octanol–water partition coefficient (Wildman–Crippen LogP) is -0.175. The molecule has 0 aromatic heterocycles. The largest absolute Gasteiger partial charge is 0.396 e. The van der Waals surface area contributed by atoms with Gasteiger partial charge in [-0.1, -0.05) is 0 Å². The van der Waals surface area contributed by atoms with Crippen molar-refractivity contribution in [1.29, 1.82) is 0 Å². The fraction of sp³-hybridized carbons (Fsp3) is 0.900. The molecule has 1 aliphatic heterocycles. The number of piperidine rings is 1. The molecule has 4 heteroatoms. The van der Waals surface area contributed by atoms with Crippen LogP contribution in [0, 0.1) is 5.92 Å². The normalized spacial score (nSPS) is 20.9. The van der Waals surface area contributed by atoms with Crippen LogP contribution in [0.4, 0.5) is 0 Å². The Kier molecular flexibility index (Phi) is 4.35. The van der Waals surface area contributed by atoms with E-state index in [2.05, 4.69) is 5.32 Å². The highest BCUT2D eigenvalue weighted by molar-refractivity contribution is 5.81. The molecule has 0 bridgehead atoms. The lowest BCUT2D eigenvalue weighted by atomic mass is 9.97. The van der Waals surface area contributed by atoms with E-state index in [1.807, 2.05) is 11.8 Å². The zero-order valence-corrected chi connectivity index (χ0v) is 8.99. The Morgan fingerprint density at radius 1 is 1.57 bits per heavy atom. The van der Waals surface area contributed by atoms with Crippen molar-refractivity contribution >= 4 is 5.91 Å². The minimum atomic E-state index is -0.0966. The zero-order valence-electron chi connectivity index (χ0n) is 8.99. The molecule has 0 radical (unpaired) electrons. The average Bonchev–Trinajstić information content (AvgIpc) is 2.27. The number of aliphatic hydroxyl groups excluding tert-OH is 1. The highest BCUT2D eigenvalue weighted by Crippen LogP contribution is 2.16. The third kappa shape index (κ3) is 2.69. The Labute approximate surface area is 85.3 Å². The molecule has 0 saturated carbocycles. The Morgan fingerprint density at radius 2 is 2.14 bits per heavy atom. The van der Waals surface area contributed by atoms with Gasteiger partial charge in [-0.05, 0) is 32.7 Å². The lowest BCUT2D eigenvalue weighted by molar-refractivity contribution is -0.134.